The molecular weight excluding hydrogens is 363 g/mol. The molecule has 0 aliphatic rings. The molecule has 1 unspecified atom stereocenters. The average molecular weight is 374 g/mol. The second-order valence-corrected chi connectivity index (χ2v) is 5.80. The molecule has 7 heteroatoms. The number of nitrogens with one attached hydrogen (secondary N) is 1. The van der Waals surface area contributed by atoms with Crippen LogP contribution in [-0.2, 0) is 0 Å². The fourth-order valence-corrected chi connectivity index (χ4v) is 2.48. The number of anilines is 1. The average Bonchev–Trinajstić information content (AvgIpc) is 2.43. The summed E-state index contributed by atoms with van der Waals surface area (Å²) in [5.41, 5.74) is 0.551. The van der Waals surface area contributed by atoms with Gasteiger partial charge in [-0.15, -0.1) is 0 Å². The molecule has 2 aromatic carbocycles. The molecule has 0 saturated heterocycles. The number of benzene rings is 2. The highest BCUT2D eigenvalue weighted by Crippen LogP contribution is 2.32. The van der Waals surface area contributed by atoms with Gasteiger partial charge in [-0.1, -0.05) is 27.5 Å². The van der Waals surface area contributed by atoms with Crippen molar-refractivity contribution in [2.45, 2.75) is 13.0 Å². The van der Waals surface area contributed by atoms with Gasteiger partial charge in [0, 0.05) is 21.1 Å². The fourth-order valence-electron chi connectivity index (χ4n) is 1.94. The summed E-state index contributed by atoms with van der Waals surface area (Å²) in [5, 5.41) is 14.3. The van der Waals surface area contributed by atoms with Gasteiger partial charge < -0.3 is 5.32 Å². The first-order valence-electron chi connectivity index (χ1n) is 6.04. The minimum atomic E-state index is -0.530. The van der Waals surface area contributed by atoms with Gasteiger partial charge in [0.1, 0.15) is 11.5 Å². The van der Waals surface area contributed by atoms with Crippen LogP contribution in [0.2, 0.25) is 5.02 Å². The maximum atomic E-state index is 13.8. The van der Waals surface area contributed by atoms with Crippen LogP contribution in [0.15, 0.2) is 40.9 Å². The Kier molecular flexibility index (Phi) is 4.80. The lowest BCUT2D eigenvalue weighted by Crippen LogP contribution is -2.10. The Balaban J connectivity index is 2.33. The molecule has 2 rings (SSSR count). The van der Waals surface area contributed by atoms with E-state index in [1.54, 1.807) is 25.1 Å². The lowest BCUT2D eigenvalue weighted by Gasteiger charge is -2.17. The van der Waals surface area contributed by atoms with Crippen molar-refractivity contribution in [3.05, 3.63) is 67.4 Å². The molecule has 4 nitrogen and oxygen atoms in total. The zero-order chi connectivity index (χ0) is 15.6. The van der Waals surface area contributed by atoms with Gasteiger partial charge >= 0.3 is 0 Å². The molecule has 0 amide bonds. The Morgan fingerprint density at radius 2 is 2.05 bits per heavy atom. The summed E-state index contributed by atoms with van der Waals surface area (Å²) >= 11 is 9.04. The van der Waals surface area contributed by atoms with Crippen molar-refractivity contribution in [3.63, 3.8) is 0 Å². The molecule has 1 atom stereocenters. The molecule has 0 heterocycles. The Morgan fingerprint density at radius 1 is 1.33 bits per heavy atom. The normalized spacial score (nSPS) is 12.0. The number of nitro groups is 1. The molecule has 110 valence electrons. The van der Waals surface area contributed by atoms with E-state index in [1.807, 2.05) is 0 Å². The number of nitro benzene ring substituents is 1. The van der Waals surface area contributed by atoms with Crippen LogP contribution in [0.1, 0.15) is 18.5 Å². The highest BCUT2D eigenvalue weighted by Gasteiger charge is 2.18. The van der Waals surface area contributed by atoms with E-state index >= 15 is 0 Å². The quantitative estimate of drug-likeness (QED) is 0.582. The van der Waals surface area contributed by atoms with Crippen molar-refractivity contribution in [3.8, 4) is 0 Å². The zero-order valence-electron chi connectivity index (χ0n) is 10.9. The molecule has 0 fully saturated rings. The molecule has 0 saturated carbocycles. The standard InChI is InChI=1S/C14H11BrClFN2O2/c1-8(11-6-9(15)2-4-12(11)17)18-13-5-3-10(16)7-14(13)19(20)21/h2-8,18H,1H3. The highest BCUT2D eigenvalue weighted by molar-refractivity contribution is 9.10. The fraction of sp³-hybridized carbons (Fsp3) is 0.143. The first-order valence-corrected chi connectivity index (χ1v) is 7.21. The predicted molar refractivity (Wildman–Crippen MR) is 84.2 cm³/mol. The van der Waals surface area contributed by atoms with Gasteiger partial charge in [-0.05, 0) is 37.3 Å². The van der Waals surface area contributed by atoms with E-state index in [9.17, 15) is 14.5 Å². The van der Waals surface area contributed by atoms with E-state index < -0.39 is 11.0 Å². The van der Waals surface area contributed by atoms with Crippen LogP contribution in [0.3, 0.4) is 0 Å². The van der Waals surface area contributed by atoms with E-state index in [4.69, 9.17) is 11.6 Å². The van der Waals surface area contributed by atoms with Gasteiger partial charge in [0.25, 0.3) is 5.69 Å². The van der Waals surface area contributed by atoms with Crippen LogP contribution in [0, 0.1) is 15.9 Å². The summed E-state index contributed by atoms with van der Waals surface area (Å²) in [5.74, 6) is -0.380. The number of halogens is 3. The Hall–Kier alpha value is -1.66. The zero-order valence-corrected chi connectivity index (χ0v) is 13.3. The topological polar surface area (TPSA) is 55.2 Å². The third kappa shape index (κ3) is 3.71. The minimum absolute atomic E-state index is 0.148. The van der Waals surface area contributed by atoms with Crippen LogP contribution in [0.5, 0.6) is 0 Å². The third-order valence-electron chi connectivity index (χ3n) is 2.95. The van der Waals surface area contributed by atoms with Gasteiger partial charge in [-0.3, -0.25) is 10.1 Å². The summed E-state index contributed by atoms with van der Waals surface area (Å²) in [7, 11) is 0. The van der Waals surface area contributed by atoms with Crippen molar-refractivity contribution in [1.82, 2.24) is 0 Å². The van der Waals surface area contributed by atoms with Gasteiger partial charge in [-0.25, -0.2) is 4.39 Å². The van der Waals surface area contributed by atoms with E-state index in [-0.39, 0.29) is 22.2 Å². The molecule has 0 bridgehead atoms. The smallest absolute Gasteiger partial charge is 0.293 e. The van der Waals surface area contributed by atoms with Gasteiger partial charge in [0.05, 0.1) is 11.0 Å². The van der Waals surface area contributed by atoms with Crippen LogP contribution in [0.25, 0.3) is 0 Å². The second-order valence-electron chi connectivity index (χ2n) is 4.45. The summed E-state index contributed by atoms with van der Waals surface area (Å²) < 4.78 is 14.6. The van der Waals surface area contributed by atoms with E-state index in [2.05, 4.69) is 21.2 Å². The van der Waals surface area contributed by atoms with Crippen LogP contribution in [-0.4, -0.2) is 4.92 Å². The van der Waals surface area contributed by atoms with Crippen LogP contribution < -0.4 is 5.32 Å². The van der Waals surface area contributed by atoms with Crippen LogP contribution >= 0.6 is 27.5 Å². The molecular formula is C14H11BrClFN2O2. The van der Waals surface area contributed by atoms with Crippen molar-refractivity contribution in [2.75, 3.05) is 5.32 Å². The Labute approximate surface area is 134 Å². The number of hydrogen-bond acceptors (Lipinski definition) is 3. The number of hydrogen-bond donors (Lipinski definition) is 1. The van der Waals surface area contributed by atoms with E-state index in [0.29, 0.717) is 5.56 Å². The lowest BCUT2D eigenvalue weighted by molar-refractivity contribution is -0.384. The predicted octanol–water partition coefficient (Wildman–Crippen LogP) is 5.32. The maximum Gasteiger partial charge on any atom is 0.293 e. The molecule has 0 aliphatic heterocycles. The minimum Gasteiger partial charge on any atom is -0.373 e. The summed E-state index contributed by atoms with van der Waals surface area (Å²) in [6, 6.07) is 8.43. The van der Waals surface area contributed by atoms with E-state index in [0.717, 1.165) is 4.47 Å². The Bertz CT molecular complexity index is 697. The molecule has 0 aliphatic carbocycles. The summed E-state index contributed by atoms with van der Waals surface area (Å²) in [6.45, 7) is 1.73. The monoisotopic (exact) mass is 372 g/mol. The van der Waals surface area contributed by atoms with Crippen molar-refractivity contribution in [1.29, 1.82) is 0 Å². The SMILES string of the molecule is CC(Nc1ccc(Cl)cc1[N+](=O)[O-])c1cc(Br)ccc1F. The molecule has 0 spiro atoms. The molecule has 1 N–H and O–H groups in total. The highest BCUT2D eigenvalue weighted by atomic mass is 79.9. The first kappa shape index (κ1) is 15.7. The molecule has 0 aromatic heterocycles. The largest absolute Gasteiger partial charge is 0.373 e. The third-order valence-corrected chi connectivity index (χ3v) is 3.68. The van der Waals surface area contributed by atoms with E-state index in [1.165, 1.54) is 18.2 Å². The maximum absolute atomic E-state index is 13.8. The number of rotatable bonds is 4. The van der Waals surface area contributed by atoms with Crippen molar-refractivity contribution >= 4 is 38.9 Å². The summed E-state index contributed by atoms with van der Waals surface area (Å²) in [6.07, 6.45) is 0. The van der Waals surface area contributed by atoms with Crippen LogP contribution in [0.4, 0.5) is 15.8 Å². The molecule has 0 radical (unpaired) electrons. The van der Waals surface area contributed by atoms with Gasteiger partial charge in [0.15, 0.2) is 0 Å². The number of nitrogens with zero attached hydrogens (tertiary/aromatic N) is 1. The lowest BCUT2D eigenvalue weighted by atomic mass is 10.1. The van der Waals surface area contributed by atoms with Crippen molar-refractivity contribution in [2.24, 2.45) is 0 Å². The Morgan fingerprint density at radius 3 is 2.71 bits per heavy atom. The summed E-state index contributed by atoms with van der Waals surface area (Å²) in [4.78, 5) is 10.5. The molecule has 21 heavy (non-hydrogen) atoms. The van der Waals surface area contributed by atoms with Crippen molar-refractivity contribution < 1.29 is 9.31 Å². The second kappa shape index (κ2) is 6.41. The first-order chi connectivity index (χ1) is 9.88. The van der Waals surface area contributed by atoms with Gasteiger partial charge in [0.2, 0.25) is 0 Å². The van der Waals surface area contributed by atoms with Gasteiger partial charge in [-0.2, -0.15) is 0 Å². The molecule has 2 aromatic rings.